The predicted molar refractivity (Wildman–Crippen MR) is 130 cm³/mol. The molecule has 0 spiro atoms. The van der Waals surface area contributed by atoms with Gasteiger partial charge in [-0.25, -0.2) is 4.79 Å². The normalized spacial score (nSPS) is 20.6. The third-order valence-corrected chi connectivity index (χ3v) is 6.14. The average Bonchev–Trinajstić information content (AvgIpc) is 2.77. The largest absolute Gasteiger partial charge is 0.462 e. The van der Waals surface area contributed by atoms with Crippen molar-refractivity contribution in [3.63, 3.8) is 0 Å². The van der Waals surface area contributed by atoms with Crippen LogP contribution in [0.1, 0.15) is 66.1 Å². The lowest BCUT2D eigenvalue weighted by Gasteiger charge is -2.29. The van der Waals surface area contributed by atoms with Gasteiger partial charge in [-0.2, -0.15) is 0 Å². The summed E-state index contributed by atoms with van der Waals surface area (Å²) >= 11 is 0. The summed E-state index contributed by atoms with van der Waals surface area (Å²) in [7, 11) is 0. The highest BCUT2D eigenvalue weighted by molar-refractivity contribution is 6.00. The molecule has 1 saturated heterocycles. The molecule has 2 aliphatic heterocycles. The number of nitrogens with zero attached hydrogens (tertiary/aromatic N) is 2. The summed E-state index contributed by atoms with van der Waals surface area (Å²) in [6, 6.07) is 3.99. The first-order chi connectivity index (χ1) is 15.9. The van der Waals surface area contributed by atoms with Crippen LogP contribution in [0.5, 0.6) is 0 Å². The molecule has 0 aliphatic carbocycles. The Hall–Kier alpha value is -2.89. The van der Waals surface area contributed by atoms with Gasteiger partial charge in [0.25, 0.3) is 5.91 Å². The Kier molecular flexibility index (Phi) is 9.28. The fourth-order valence-corrected chi connectivity index (χ4v) is 4.26. The van der Waals surface area contributed by atoms with Crippen molar-refractivity contribution in [2.24, 2.45) is 11.1 Å². The van der Waals surface area contributed by atoms with Crippen molar-refractivity contribution in [2.75, 3.05) is 26.3 Å². The number of allylic oxidation sites excluding steroid dienone is 3. The van der Waals surface area contributed by atoms with Gasteiger partial charge in [0.05, 0.1) is 17.9 Å². The van der Waals surface area contributed by atoms with Crippen molar-refractivity contribution < 1.29 is 19.2 Å². The van der Waals surface area contributed by atoms with Gasteiger partial charge < -0.3 is 14.5 Å². The number of oxime groups is 1. The quantitative estimate of drug-likeness (QED) is 0.370. The molecule has 2 heterocycles. The Morgan fingerprint density at radius 3 is 2.64 bits per heavy atom. The summed E-state index contributed by atoms with van der Waals surface area (Å²) in [5.41, 5.74) is 4.07. The number of amides is 1. The molecule has 33 heavy (non-hydrogen) atoms. The summed E-state index contributed by atoms with van der Waals surface area (Å²) < 4.78 is 5.53. The van der Waals surface area contributed by atoms with Crippen molar-refractivity contribution in [1.29, 1.82) is 0 Å². The molecule has 0 unspecified atom stereocenters. The van der Waals surface area contributed by atoms with Crippen LogP contribution in [0.25, 0.3) is 0 Å². The van der Waals surface area contributed by atoms with Crippen molar-refractivity contribution in [3.8, 4) is 0 Å². The number of rotatable bonds is 3. The fourth-order valence-electron chi connectivity index (χ4n) is 4.26. The van der Waals surface area contributed by atoms with Crippen LogP contribution in [0.15, 0.2) is 41.6 Å². The number of piperidine rings is 1. The van der Waals surface area contributed by atoms with E-state index in [2.05, 4.69) is 24.2 Å². The second-order valence-electron chi connectivity index (χ2n) is 9.09. The molecule has 0 N–H and O–H groups in total. The topological polar surface area (TPSA) is 68.2 Å². The lowest BCUT2D eigenvalue weighted by molar-refractivity contribution is -0.137. The summed E-state index contributed by atoms with van der Waals surface area (Å²) in [4.78, 5) is 32.7. The van der Waals surface area contributed by atoms with E-state index in [1.165, 1.54) is 0 Å². The van der Waals surface area contributed by atoms with Gasteiger partial charge in [-0.05, 0) is 69.1 Å². The second kappa shape index (κ2) is 12.4. The molecule has 1 aromatic rings. The third-order valence-electron chi connectivity index (χ3n) is 6.14. The minimum absolute atomic E-state index is 0.0306. The van der Waals surface area contributed by atoms with Crippen LogP contribution in [-0.2, 0) is 20.8 Å². The molecule has 0 atom stereocenters. The highest BCUT2D eigenvalue weighted by atomic mass is 16.6. The standard InChI is InChI=1S/C27H36N2O4/c1-20-11-13-29(14-12-20)25(30)19-33-28-24-10-8-6-4-5-7-9-15-32-27(31)26-22(3)16-21(2)17-23(26)18-24/h5,7-8,10,16-17,20H,4,6,9,11-15,18-19H2,1-3H3/b7-5+,10-8?,28-24-. The maximum Gasteiger partial charge on any atom is 0.338 e. The third kappa shape index (κ3) is 7.58. The van der Waals surface area contributed by atoms with E-state index in [9.17, 15) is 9.59 Å². The zero-order chi connectivity index (χ0) is 23.6. The molecule has 1 aromatic carbocycles. The van der Waals surface area contributed by atoms with Gasteiger partial charge in [-0.15, -0.1) is 0 Å². The van der Waals surface area contributed by atoms with E-state index < -0.39 is 0 Å². The highest BCUT2D eigenvalue weighted by Crippen LogP contribution is 2.21. The number of benzene rings is 1. The molecule has 2 aliphatic rings. The van der Waals surface area contributed by atoms with Crippen molar-refractivity contribution in [1.82, 2.24) is 4.90 Å². The number of ether oxygens (including phenoxy) is 1. The fraction of sp³-hybridized carbons (Fsp3) is 0.519. The molecule has 6 heteroatoms. The molecule has 0 radical (unpaired) electrons. The number of hydrogen-bond acceptors (Lipinski definition) is 5. The van der Waals surface area contributed by atoms with Crippen LogP contribution in [-0.4, -0.2) is 48.8 Å². The van der Waals surface area contributed by atoms with Crippen LogP contribution in [0.2, 0.25) is 0 Å². The number of esters is 1. The Morgan fingerprint density at radius 1 is 1.12 bits per heavy atom. The first-order valence-electron chi connectivity index (χ1n) is 12.0. The number of cyclic esters (lactones) is 1. The molecule has 1 fully saturated rings. The Balaban J connectivity index is 1.78. The Bertz CT molecular complexity index is 924. The van der Waals surface area contributed by atoms with E-state index in [1.54, 1.807) is 0 Å². The SMILES string of the molecule is Cc1cc(C)c2c(c1)C/C(=N\OCC(=O)N1CCC(C)CC1)C=CCC/C=C/CCOC2=O. The zero-order valence-corrected chi connectivity index (χ0v) is 20.1. The van der Waals surface area contributed by atoms with E-state index in [0.29, 0.717) is 36.6 Å². The summed E-state index contributed by atoms with van der Waals surface area (Å²) in [5.74, 6) is 0.322. The highest BCUT2D eigenvalue weighted by Gasteiger charge is 2.21. The second-order valence-corrected chi connectivity index (χ2v) is 9.09. The maximum absolute atomic E-state index is 12.8. The van der Waals surface area contributed by atoms with Gasteiger partial charge in [0.1, 0.15) is 0 Å². The molecule has 6 nitrogen and oxygen atoms in total. The molecule has 178 valence electrons. The summed E-state index contributed by atoms with van der Waals surface area (Å²) in [6.07, 6.45) is 13.1. The predicted octanol–water partition coefficient (Wildman–Crippen LogP) is 4.93. The van der Waals surface area contributed by atoms with E-state index in [4.69, 9.17) is 9.57 Å². The first-order valence-corrected chi connectivity index (χ1v) is 12.0. The van der Waals surface area contributed by atoms with Crippen molar-refractivity contribution in [3.05, 3.63) is 58.7 Å². The van der Waals surface area contributed by atoms with Crippen LogP contribution in [0, 0.1) is 19.8 Å². The number of hydrogen-bond donors (Lipinski definition) is 0. The van der Waals surface area contributed by atoms with Crippen molar-refractivity contribution >= 4 is 17.6 Å². The van der Waals surface area contributed by atoms with Gasteiger partial charge in [0.2, 0.25) is 0 Å². The summed E-state index contributed by atoms with van der Waals surface area (Å²) in [5, 5.41) is 4.30. The summed E-state index contributed by atoms with van der Waals surface area (Å²) in [6.45, 7) is 8.00. The average molecular weight is 453 g/mol. The minimum Gasteiger partial charge on any atom is -0.462 e. The van der Waals surface area contributed by atoms with Gasteiger partial charge in [0.15, 0.2) is 6.61 Å². The molecule has 3 rings (SSSR count). The van der Waals surface area contributed by atoms with Gasteiger partial charge in [-0.3, -0.25) is 4.79 Å². The van der Waals surface area contributed by atoms with Crippen LogP contribution in [0.3, 0.4) is 0 Å². The van der Waals surface area contributed by atoms with Crippen LogP contribution >= 0.6 is 0 Å². The zero-order valence-electron chi connectivity index (χ0n) is 20.1. The van der Waals surface area contributed by atoms with Gasteiger partial charge >= 0.3 is 5.97 Å². The lowest BCUT2D eigenvalue weighted by Crippen LogP contribution is -2.39. The molecular weight excluding hydrogens is 416 g/mol. The van der Waals surface area contributed by atoms with E-state index >= 15 is 0 Å². The smallest absolute Gasteiger partial charge is 0.338 e. The van der Waals surface area contributed by atoms with Crippen LogP contribution in [0.4, 0.5) is 0 Å². The molecule has 1 amide bonds. The first kappa shape index (κ1) is 24.7. The number of carbonyl (C=O) groups excluding carboxylic acids is 2. The molecular formula is C27H36N2O4. The monoisotopic (exact) mass is 452 g/mol. The Morgan fingerprint density at radius 2 is 1.85 bits per heavy atom. The molecule has 0 aromatic heterocycles. The minimum atomic E-state index is -0.313. The van der Waals surface area contributed by atoms with Gasteiger partial charge in [-0.1, -0.05) is 48.0 Å². The number of carbonyl (C=O) groups is 2. The number of aryl methyl sites for hydroxylation is 2. The van der Waals surface area contributed by atoms with E-state index in [1.807, 2.05) is 43.0 Å². The number of likely N-dealkylation sites (tertiary alicyclic amines) is 1. The van der Waals surface area contributed by atoms with E-state index in [0.717, 1.165) is 55.5 Å². The van der Waals surface area contributed by atoms with E-state index in [-0.39, 0.29) is 18.5 Å². The molecule has 0 saturated carbocycles. The maximum atomic E-state index is 12.8. The Labute approximate surface area is 197 Å². The van der Waals surface area contributed by atoms with Crippen LogP contribution < -0.4 is 0 Å². The van der Waals surface area contributed by atoms with Crippen molar-refractivity contribution in [2.45, 2.75) is 59.3 Å². The lowest BCUT2D eigenvalue weighted by atomic mass is 9.95. The number of fused-ring (bicyclic) bond motifs is 1. The molecule has 0 bridgehead atoms. The van der Waals surface area contributed by atoms with Gasteiger partial charge in [0, 0.05) is 19.5 Å².